The SMILES string of the molecule is CC(C)NCC1CCCN(c2ncc(F)cc2F)C1. The normalized spacial score (nSPS) is 20.1. The summed E-state index contributed by atoms with van der Waals surface area (Å²) in [6.45, 7) is 6.71. The zero-order chi connectivity index (χ0) is 13.8. The number of anilines is 1. The van der Waals surface area contributed by atoms with Gasteiger partial charge in [0, 0.05) is 25.2 Å². The van der Waals surface area contributed by atoms with Crippen LogP contribution in [0.5, 0.6) is 0 Å². The zero-order valence-corrected chi connectivity index (χ0v) is 11.5. The summed E-state index contributed by atoms with van der Waals surface area (Å²) in [6.07, 6.45) is 3.23. The third kappa shape index (κ3) is 3.86. The Morgan fingerprint density at radius 2 is 2.26 bits per heavy atom. The third-order valence-electron chi connectivity index (χ3n) is 3.42. The van der Waals surface area contributed by atoms with Crippen LogP contribution in [0.1, 0.15) is 26.7 Å². The number of piperidine rings is 1. The van der Waals surface area contributed by atoms with Crippen LogP contribution >= 0.6 is 0 Å². The van der Waals surface area contributed by atoms with E-state index < -0.39 is 11.6 Å². The molecule has 5 heteroatoms. The number of nitrogens with one attached hydrogen (secondary N) is 1. The van der Waals surface area contributed by atoms with E-state index in [1.54, 1.807) is 0 Å². The maximum atomic E-state index is 13.7. The Morgan fingerprint density at radius 3 is 2.95 bits per heavy atom. The van der Waals surface area contributed by atoms with Gasteiger partial charge in [-0.25, -0.2) is 13.8 Å². The predicted molar refractivity (Wildman–Crippen MR) is 72.2 cm³/mol. The molecule has 19 heavy (non-hydrogen) atoms. The first kappa shape index (κ1) is 14.2. The molecule has 0 spiro atoms. The molecule has 3 nitrogen and oxygen atoms in total. The number of pyridine rings is 1. The van der Waals surface area contributed by atoms with E-state index in [1.165, 1.54) is 0 Å². The quantitative estimate of drug-likeness (QED) is 0.910. The molecule has 0 radical (unpaired) electrons. The Bertz CT molecular complexity index is 423. The molecular formula is C14H21F2N3. The molecule has 1 unspecified atom stereocenters. The minimum atomic E-state index is -0.628. The molecule has 0 saturated carbocycles. The van der Waals surface area contributed by atoms with Crippen molar-refractivity contribution in [1.82, 2.24) is 10.3 Å². The summed E-state index contributed by atoms with van der Waals surface area (Å²) in [6, 6.07) is 1.36. The fourth-order valence-corrected chi connectivity index (χ4v) is 2.47. The van der Waals surface area contributed by atoms with Crippen molar-refractivity contribution in [2.45, 2.75) is 32.7 Å². The standard InChI is InChI=1S/C14H21F2N3/c1-10(2)17-7-11-4-3-5-19(9-11)14-13(16)6-12(15)8-18-14/h6,8,10-11,17H,3-5,7,9H2,1-2H3. The summed E-state index contributed by atoms with van der Waals surface area (Å²) in [7, 11) is 0. The smallest absolute Gasteiger partial charge is 0.168 e. The monoisotopic (exact) mass is 269 g/mol. The number of hydrogen-bond acceptors (Lipinski definition) is 3. The topological polar surface area (TPSA) is 28.2 Å². The van der Waals surface area contributed by atoms with E-state index in [9.17, 15) is 8.78 Å². The van der Waals surface area contributed by atoms with E-state index >= 15 is 0 Å². The van der Waals surface area contributed by atoms with Crippen LogP contribution in [0.25, 0.3) is 0 Å². The first-order valence-corrected chi connectivity index (χ1v) is 6.85. The number of halogens is 2. The Balaban J connectivity index is 2.00. The molecule has 1 aromatic heterocycles. The lowest BCUT2D eigenvalue weighted by Crippen LogP contribution is -2.41. The molecule has 0 aliphatic carbocycles. The lowest BCUT2D eigenvalue weighted by Gasteiger charge is -2.34. The van der Waals surface area contributed by atoms with Gasteiger partial charge in [-0.1, -0.05) is 13.8 Å². The summed E-state index contributed by atoms with van der Waals surface area (Å²) in [5.74, 6) is -0.438. The van der Waals surface area contributed by atoms with Gasteiger partial charge in [0.05, 0.1) is 6.20 Å². The van der Waals surface area contributed by atoms with Crippen LogP contribution in [-0.4, -0.2) is 30.7 Å². The van der Waals surface area contributed by atoms with Crippen LogP contribution in [0.2, 0.25) is 0 Å². The van der Waals surface area contributed by atoms with Gasteiger partial charge >= 0.3 is 0 Å². The molecule has 106 valence electrons. The van der Waals surface area contributed by atoms with Gasteiger partial charge in [0.1, 0.15) is 5.82 Å². The molecule has 2 heterocycles. The van der Waals surface area contributed by atoms with Crippen LogP contribution in [0.3, 0.4) is 0 Å². The predicted octanol–water partition coefficient (Wildman–Crippen LogP) is 2.57. The Hall–Kier alpha value is -1.23. The maximum Gasteiger partial charge on any atom is 0.168 e. The van der Waals surface area contributed by atoms with Crippen molar-refractivity contribution in [3.8, 4) is 0 Å². The molecule has 1 atom stereocenters. The second-order valence-corrected chi connectivity index (χ2v) is 5.48. The maximum absolute atomic E-state index is 13.7. The summed E-state index contributed by atoms with van der Waals surface area (Å²) < 4.78 is 26.6. The number of hydrogen-bond donors (Lipinski definition) is 1. The van der Waals surface area contributed by atoms with E-state index in [-0.39, 0.29) is 5.82 Å². The van der Waals surface area contributed by atoms with Gasteiger partial charge in [-0.15, -0.1) is 0 Å². The molecule has 0 amide bonds. The second kappa shape index (κ2) is 6.28. The first-order valence-electron chi connectivity index (χ1n) is 6.85. The van der Waals surface area contributed by atoms with Crippen LogP contribution in [0.4, 0.5) is 14.6 Å². The molecule has 1 saturated heterocycles. The highest BCUT2D eigenvalue weighted by Gasteiger charge is 2.23. The molecule has 1 aliphatic rings. The highest BCUT2D eigenvalue weighted by atomic mass is 19.1. The van der Waals surface area contributed by atoms with Gasteiger partial charge in [0.25, 0.3) is 0 Å². The van der Waals surface area contributed by atoms with E-state index in [1.807, 2.05) is 4.90 Å². The molecule has 0 bridgehead atoms. The van der Waals surface area contributed by atoms with Gasteiger partial charge in [-0.05, 0) is 25.3 Å². The van der Waals surface area contributed by atoms with E-state index in [2.05, 4.69) is 24.1 Å². The van der Waals surface area contributed by atoms with Crippen LogP contribution in [0, 0.1) is 17.6 Å². The summed E-state index contributed by atoms with van der Waals surface area (Å²) in [4.78, 5) is 5.81. The molecule has 1 fully saturated rings. The minimum absolute atomic E-state index is 0.274. The van der Waals surface area contributed by atoms with Crippen molar-refractivity contribution in [3.05, 3.63) is 23.9 Å². The van der Waals surface area contributed by atoms with Gasteiger partial charge in [0.15, 0.2) is 11.6 Å². The van der Waals surface area contributed by atoms with Crippen LogP contribution in [0.15, 0.2) is 12.3 Å². The average Bonchev–Trinajstić information content (AvgIpc) is 2.36. The minimum Gasteiger partial charge on any atom is -0.354 e. The largest absolute Gasteiger partial charge is 0.354 e. The van der Waals surface area contributed by atoms with Crippen LogP contribution in [-0.2, 0) is 0 Å². The molecule has 0 aromatic carbocycles. The van der Waals surface area contributed by atoms with E-state index in [0.29, 0.717) is 12.0 Å². The van der Waals surface area contributed by atoms with Crippen molar-refractivity contribution in [2.75, 3.05) is 24.5 Å². The highest BCUT2D eigenvalue weighted by molar-refractivity contribution is 5.40. The fourth-order valence-electron chi connectivity index (χ4n) is 2.47. The molecule has 2 rings (SSSR count). The van der Waals surface area contributed by atoms with E-state index in [0.717, 1.165) is 44.7 Å². The highest BCUT2D eigenvalue weighted by Crippen LogP contribution is 2.23. The molecule has 1 aliphatic heterocycles. The Kier molecular flexibility index (Phi) is 4.69. The van der Waals surface area contributed by atoms with Crippen molar-refractivity contribution in [3.63, 3.8) is 0 Å². The van der Waals surface area contributed by atoms with Gasteiger partial charge in [-0.3, -0.25) is 0 Å². The van der Waals surface area contributed by atoms with Crippen molar-refractivity contribution in [1.29, 1.82) is 0 Å². The molecule has 1 aromatic rings. The lowest BCUT2D eigenvalue weighted by atomic mass is 9.97. The van der Waals surface area contributed by atoms with Crippen molar-refractivity contribution in [2.24, 2.45) is 5.92 Å². The number of rotatable bonds is 4. The second-order valence-electron chi connectivity index (χ2n) is 5.48. The van der Waals surface area contributed by atoms with E-state index in [4.69, 9.17) is 0 Å². The van der Waals surface area contributed by atoms with Crippen LogP contribution < -0.4 is 10.2 Å². The Labute approximate surface area is 113 Å². The van der Waals surface area contributed by atoms with Gasteiger partial charge in [-0.2, -0.15) is 0 Å². The molecular weight excluding hydrogens is 248 g/mol. The van der Waals surface area contributed by atoms with Crippen molar-refractivity contribution >= 4 is 5.82 Å². The summed E-state index contributed by atoms with van der Waals surface area (Å²) >= 11 is 0. The lowest BCUT2D eigenvalue weighted by molar-refractivity contribution is 0.375. The Morgan fingerprint density at radius 1 is 1.47 bits per heavy atom. The first-order chi connectivity index (χ1) is 9.06. The number of aromatic nitrogens is 1. The van der Waals surface area contributed by atoms with Gasteiger partial charge in [0.2, 0.25) is 0 Å². The summed E-state index contributed by atoms with van der Waals surface area (Å²) in [5, 5.41) is 3.41. The molecule has 1 N–H and O–H groups in total. The summed E-state index contributed by atoms with van der Waals surface area (Å²) in [5.41, 5.74) is 0. The average molecular weight is 269 g/mol. The van der Waals surface area contributed by atoms with Gasteiger partial charge < -0.3 is 10.2 Å². The zero-order valence-electron chi connectivity index (χ0n) is 11.5. The number of nitrogens with zero attached hydrogens (tertiary/aromatic N) is 2. The fraction of sp³-hybridized carbons (Fsp3) is 0.643. The third-order valence-corrected chi connectivity index (χ3v) is 3.42. The van der Waals surface area contributed by atoms with Crippen molar-refractivity contribution < 1.29 is 8.78 Å².